The normalized spacial score (nSPS) is 10.2. The predicted octanol–water partition coefficient (Wildman–Crippen LogP) is 1.75. The molecule has 0 atom stereocenters. The third kappa shape index (κ3) is 1.35. The molecule has 1 rings (SSSR count). The molecule has 1 heterocycles. The Bertz CT molecular complexity index is 197. The molecule has 0 amide bonds. The smallest absolute Gasteiger partial charge is 0.127 e. The highest BCUT2D eigenvalue weighted by atomic mass is 19.1. The van der Waals surface area contributed by atoms with Crippen LogP contribution in [-0.2, 0) is 12.8 Å². The van der Waals surface area contributed by atoms with Gasteiger partial charge in [0.15, 0.2) is 0 Å². The summed E-state index contributed by atoms with van der Waals surface area (Å²) in [7, 11) is 0. The number of aryl methyl sites for hydroxylation is 2. The molecule has 1 aromatic rings. The van der Waals surface area contributed by atoms with Gasteiger partial charge < -0.3 is 4.52 Å². The van der Waals surface area contributed by atoms with Crippen molar-refractivity contribution in [2.75, 3.05) is 6.67 Å². The number of hydrogen-bond acceptors (Lipinski definition) is 2. The SMILES string of the molecule is CCc1conc1CCF. The molecule has 0 aliphatic heterocycles. The maximum absolute atomic E-state index is 11.8. The van der Waals surface area contributed by atoms with E-state index >= 15 is 0 Å². The van der Waals surface area contributed by atoms with E-state index in [0.29, 0.717) is 6.42 Å². The van der Waals surface area contributed by atoms with Crippen molar-refractivity contribution in [1.29, 1.82) is 0 Å². The monoisotopic (exact) mass is 143 g/mol. The molecule has 0 saturated carbocycles. The molecule has 0 aromatic carbocycles. The van der Waals surface area contributed by atoms with Crippen molar-refractivity contribution in [3.63, 3.8) is 0 Å². The van der Waals surface area contributed by atoms with Crippen molar-refractivity contribution < 1.29 is 8.91 Å². The molecule has 0 spiro atoms. The Hall–Kier alpha value is -0.860. The van der Waals surface area contributed by atoms with Crippen LogP contribution in [0.1, 0.15) is 18.2 Å². The third-order valence-corrected chi connectivity index (χ3v) is 1.44. The zero-order valence-electron chi connectivity index (χ0n) is 5.93. The summed E-state index contributed by atoms with van der Waals surface area (Å²) in [5, 5.41) is 3.66. The average Bonchev–Trinajstić information content (AvgIpc) is 2.36. The Labute approximate surface area is 59.0 Å². The molecule has 0 bridgehead atoms. The molecular weight excluding hydrogens is 133 g/mol. The fourth-order valence-electron chi connectivity index (χ4n) is 0.863. The van der Waals surface area contributed by atoms with Crippen molar-refractivity contribution in [3.8, 4) is 0 Å². The highest BCUT2D eigenvalue weighted by Crippen LogP contribution is 2.07. The summed E-state index contributed by atoms with van der Waals surface area (Å²) in [6.07, 6.45) is 2.81. The van der Waals surface area contributed by atoms with Gasteiger partial charge in [-0.05, 0) is 6.42 Å². The minimum absolute atomic E-state index is 0.362. The Morgan fingerprint density at radius 3 is 3.10 bits per heavy atom. The lowest BCUT2D eigenvalue weighted by Crippen LogP contribution is -1.91. The summed E-state index contributed by atoms with van der Waals surface area (Å²) >= 11 is 0. The third-order valence-electron chi connectivity index (χ3n) is 1.44. The fourth-order valence-corrected chi connectivity index (χ4v) is 0.863. The van der Waals surface area contributed by atoms with Crippen LogP contribution in [0.4, 0.5) is 4.39 Å². The molecule has 0 aliphatic rings. The van der Waals surface area contributed by atoms with E-state index < -0.39 is 0 Å². The minimum atomic E-state index is -0.362. The predicted molar refractivity (Wildman–Crippen MR) is 35.6 cm³/mol. The number of aromatic nitrogens is 1. The van der Waals surface area contributed by atoms with Gasteiger partial charge in [-0.1, -0.05) is 12.1 Å². The second kappa shape index (κ2) is 3.34. The van der Waals surface area contributed by atoms with Gasteiger partial charge in [-0.15, -0.1) is 0 Å². The second-order valence-corrected chi connectivity index (χ2v) is 2.08. The number of rotatable bonds is 3. The average molecular weight is 143 g/mol. The van der Waals surface area contributed by atoms with Crippen molar-refractivity contribution >= 4 is 0 Å². The highest BCUT2D eigenvalue weighted by Gasteiger charge is 2.03. The molecule has 2 nitrogen and oxygen atoms in total. The van der Waals surface area contributed by atoms with Gasteiger partial charge in [0.05, 0.1) is 12.4 Å². The first-order valence-corrected chi connectivity index (χ1v) is 3.36. The van der Waals surface area contributed by atoms with E-state index in [2.05, 4.69) is 9.68 Å². The summed E-state index contributed by atoms with van der Waals surface area (Å²) in [4.78, 5) is 0. The molecule has 0 aliphatic carbocycles. The zero-order chi connectivity index (χ0) is 7.40. The van der Waals surface area contributed by atoms with E-state index in [-0.39, 0.29) is 6.67 Å². The highest BCUT2D eigenvalue weighted by molar-refractivity contribution is 5.14. The molecule has 0 fully saturated rings. The van der Waals surface area contributed by atoms with Crippen LogP contribution in [0.5, 0.6) is 0 Å². The Morgan fingerprint density at radius 2 is 2.50 bits per heavy atom. The van der Waals surface area contributed by atoms with Crippen LogP contribution in [0.15, 0.2) is 10.8 Å². The largest absolute Gasteiger partial charge is 0.364 e. The van der Waals surface area contributed by atoms with Gasteiger partial charge in [0.2, 0.25) is 0 Å². The summed E-state index contributed by atoms with van der Waals surface area (Å²) < 4.78 is 16.5. The van der Waals surface area contributed by atoms with Crippen molar-refractivity contribution in [2.24, 2.45) is 0 Å². The maximum Gasteiger partial charge on any atom is 0.127 e. The van der Waals surface area contributed by atoms with Gasteiger partial charge in [0, 0.05) is 12.0 Å². The maximum atomic E-state index is 11.8. The summed E-state index contributed by atoms with van der Waals surface area (Å²) in [6.45, 7) is 1.63. The molecule has 0 saturated heterocycles. The number of hydrogen-bond donors (Lipinski definition) is 0. The summed E-state index contributed by atoms with van der Waals surface area (Å²) in [6, 6.07) is 0. The first-order chi connectivity index (χ1) is 4.88. The zero-order valence-corrected chi connectivity index (χ0v) is 5.93. The van der Waals surface area contributed by atoms with Crippen LogP contribution in [0.3, 0.4) is 0 Å². The second-order valence-electron chi connectivity index (χ2n) is 2.08. The standard InChI is InChI=1S/C7H10FNO/c1-2-6-5-10-9-7(6)3-4-8/h5H,2-4H2,1H3. The molecule has 3 heteroatoms. The molecule has 1 aromatic heterocycles. The Kier molecular flexibility index (Phi) is 2.42. The van der Waals surface area contributed by atoms with Crippen LogP contribution in [0.25, 0.3) is 0 Å². The van der Waals surface area contributed by atoms with Crippen LogP contribution >= 0.6 is 0 Å². The van der Waals surface area contributed by atoms with E-state index in [0.717, 1.165) is 17.7 Å². The lowest BCUT2D eigenvalue weighted by atomic mass is 10.2. The molecule has 0 unspecified atom stereocenters. The molecule has 0 radical (unpaired) electrons. The van der Waals surface area contributed by atoms with Crippen molar-refractivity contribution in [1.82, 2.24) is 5.16 Å². The molecule has 56 valence electrons. The summed E-state index contributed by atoms with van der Waals surface area (Å²) in [5.41, 5.74) is 1.77. The van der Waals surface area contributed by atoms with Crippen LogP contribution < -0.4 is 0 Å². The van der Waals surface area contributed by atoms with Crippen LogP contribution in [0.2, 0.25) is 0 Å². The lowest BCUT2D eigenvalue weighted by Gasteiger charge is -1.90. The topological polar surface area (TPSA) is 26.0 Å². The lowest BCUT2D eigenvalue weighted by molar-refractivity contribution is 0.403. The number of alkyl halides is 1. The quantitative estimate of drug-likeness (QED) is 0.644. The van der Waals surface area contributed by atoms with Crippen LogP contribution in [-0.4, -0.2) is 11.8 Å². The molecule has 0 N–H and O–H groups in total. The first-order valence-electron chi connectivity index (χ1n) is 3.36. The van der Waals surface area contributed by atoms with Crippen molar-refractivity contribution in [2.45, 2.75) is 19.8 Å². The minimum Gasteiger partial charge on any atom is -0.364 e. The van der Waals surface area contributed by atoms with Crippen molar-refractivity contribution in [3.05, 3.63) is 17.5 Å². The van der Waals surface area contributed by atoms with Gasteiger partial charge >= 0.3 is 0 Å². The van der Waals surface area contributed by atoms with E-state index in [9.17, 15) is 4.39 Å². The Balaban J connectivity index is 2.70. The van der Waals surface area contributed by atoms with Gasteiger partial charge in [0.1, 0.15) is 6.26 Å². The Morgan fingerprint density at radius 1 is 1.70 bits per heavy atom. The van der Waals surface area contributed by atoms with Gasteiger partial charge in [0.25, 0.3) is 0 Å². The van der Waals surface area contributed by atoms with E-state index in [1.165, 1.54) is 0 Å². The van der Waals surface area contributed by atoms with Gasteiger partial charge in [-0.2, -0.15) is 0 Å². The molecule has 10 heavy (non-hydrogen) atoms. The number of nitrogens with zero attached hydrogens (tertiary/aromatic N) is 1. The van der Waals surface area contributed by atoms with Crippen LogP contribution in [0, 0.1) is 0 Å². The number of halogens is 1. The van der Waals surface area contributed by atoms with E-state index in [4.69, 9.17) is 0 Å². The van der Waals surface area contributed by atoms with E-state index in [1.807, 2.05) is 6.92 Å². The van der Waals surface area contributed by atoms with Gasteiger partial charge in [-0.3, -0.25) is 4.39 Å². The van der Waals surface area contributed by atoms with E-state index in [1.54, 1.807) is 6.26 Å². The fraction of sp³-hybridized carbons (Fsp3) is 0.571. The summed E-state index contributed by atoms with van der Waals surface area (Å²) in [5.74, 6) is 0. The first kappa shape index (κ1) is 7.25. The molecular formula is C7H10FNO. The van der Waals surface area contributed by atoms with Gasteiger partial charge in [-0.25, -0.2) is 0 Å².